The summed E-state index contributed by atoms with van der Waals surface area (Å²) in [5.74, 6) is 0. The molecule has 0 radical (unpaired) electrons. The van der Waals surface area contributed by atoms with Crippen molar-refractivity contribution in [3.05, 3.63) is 0 Å². The Morgan fingerprint density at radius 3 is 1.29 bits per heavy atom. The second-order valence-electron chi connectivity index (χ2n) is 9.47. The van der Waals surface area contributed by atoms with Crippen LogP contribution in [0.3, 0.4) is 0 Å². The van der Waals surface area contributed by atoms with Crippen molar-refractivity contribution >= 4 is 0 Å². The van der Waals surface area contributed by atoms with E-state index < -0.39 is 0 Å². The zero-order valence-corrected chi connectivity index (χ0v) is 21.9. The molecule has 0 saturated carbocycles. The molecule has 2 N–H and O–H groups in total. The molecule has 206 valence electrons. The first kappa shape index (κ1) is 33.7. The summed E-state index contributed by atoms with van der Waals surface area (Å²) < 4.78 is 0. The molecule has 1 unspecified atom stereocenters. The van der Waals surface area contributed by atoms with Gasteiger partial charge in [0.2, 0.25) is 0 Å². The highest BCUT2D eigenvalue weighted by Gasteiger charge is 2.04. The number of hydrogen-bond donors (Lipinski definition) is 2. The summed E-state index contributed by atoms with van der Waals surface area (Å²) in [7, 11) is 0. The van der Waals surface area contributed by atoms with Gasteiger partial charge in [-0.2, -0.15) is 0 Å². The molecule has 0 amide bonds. The zero-order valence-electron chi connectivity index (χ0n) is 21.9. The maximum Gasteiger partial charge on any atom is 0.0855 e. The highest BCUT2D eigenvalue weighted by Crippen LogP contribution is 2.16. The third kappa shape index (κ3) is 29.7. The van der Waals surface area contributed by atoms with Crippen LogP contribution in [0.15, 0.2) is 0 Å². The molecule has 0 heterocycles. The Hall–Kier alpha value is -0.320. The van der Waals surface area contributed by atoms with E-state index in [4.69, 9.17) is 5.26 Å². The molecule has 0 rings (SSSR count). The number of hydrogen-bond acceptors (Lipinski definition) is 8. The third-order valence-electron chi connectivity index (χ3n) is 6.32. The first-order chi connectivity index (χ1) is 16.8. The Balaban J connectivity index is 3.12. The number of aliphatic hydroxyl groups is 1. The molecule has 0 saturated heterocycles. The van der Waals surface area contributed by atoms with Gasteiger partial charge in [-0.1, -0.05) is 135 Å². The molecule has 0 aromatic carbocycles. The molecule has 8 heteroatoms. The first-order valence-electron chi connectivity index (χ1n) is 14.1. The second-order valence-corrected chi connectivity index (χ2v) is 9.47. The van der Waals surface area contributed by atoms with Gasteiger partial charge in [-0.3, -0.25) is 0 Å². The summed E-state index contributed by atoms with van der Waals surface area (Å²) >= 11 is 0. The lowest BCUT2D eigenvalue weighted by Gasteiger charge is -2.10. The second kappa shape index (κ2) is 30.7. The van der Waals surface area contributed by atoms with Gasteiger partial charge in [-0.15, -0.1) is 0 Å². The van der Waals surface area contributed by atoms with Gasteiger partial charge in [0.1, 0.15) is 0 Å². The van der Waals surface area contributed by atoms with Crippen LogP contribution in [0.25, 0.3) is 0 Å². The SMILES string of the molecule is CCCCCCCCCCCCC(O)CCCCCCCCCCCCCOOOOOOO. The Bertz CT molecular complexity index is 360. The van der Waals surface area contributed by atoms with E-state index in [1.54, 1.807) is 0 Å². The molecule has 34 heavy (non-hydrogen) atoms. The predicted molar refractivity (Wildman–Crippen MR) is 132 cm³/mol. The smallest absolute Gasteiger partial charge is 0.0855 e. The van der Waals surface area contributed by atoms with Crippen molar-refractivity contribution in [3.8, 4) is 0 Å². The van der Waals surface area contributed by atoms with E-state index in [1.165, 1.54) is 122 Å². The summed E-state index contributed by atoms with van der Waals surface area (Å²) in [4.78, 5) is 4.66. The Morgan fingerprint density at radius 1 is 0.471 bits per heavy atom. The minimum atomic E-state index is -0.0817. The van der Waals surface area contributed by atoms with E-state index in [0.29, 0.717) is 6.61 Å². The summed E-state index contributed by atoms with van der Waals surface area (Å²) in [6.45, 7) is 2.66. The molecule has 0 aromatic heterocycles. The molecule has 0 spiro atoms. The summed E-state index contributed by atoms with van der Waals surface area (Å²) in [5, 5.41) is 36.3. The maximum atomic E-state index is 10.2. The number of aliphatic hydroxyl groups excluding tert-OH is 1. The van der Waals surface area contributed by atoms with Crippen LogP contribution in [0.4, 0.5) is 0 Å². The van der Waals surface area contributed by atoms with Crippen molar-refractivity contribution in [2.24, 2.45) is 0 Å². The van der Waals surface area contributed by atoms with E-state index in [-0.39, 0.29) is 6.10 Å². The molecule has 0 bridgehead atoms. The van der Waals surface area contributed by atoms with Crippen molar-refractivity contribution in [1.29, 1.82) is 0 Å². The first-order valence-corrected chi connectivity index (χ1v) is 14.1. The standard InChI is InChI=1S/C26H54O8/c1-2-3-4-5-6-7-11-14-17-20-23-26(27)24-21-18-15-12-9-8-10-13-16-19-22-25-29-31-33-34-32-30-28/h26-28H,2-25H2,1H3. The average Bonchev–Trinajstić information content (AvgIpc) is 2.84. The van der Waals surface area contributed by atoms with E-state index in [2.05, 4.69) is 37.0 Å². The van der Waals surface area contributed by atoms with E-state index in [0.717, 1.165) is 25.7 Å². The highest BCUT2D eigenvalue weighted by molar-refractivity contribution is 4.58. The normalized spacial score (nSPS) is 12.4. The molecule has 8 nitrogen and oxygen atoms in total. The lowest BCUT2D eigenvalue weighted by atomic mass is 10.0. The fourth-order valence-electron chi connectivity index (χ4n) is 4.23. The monoisotopic (exact) mass is 494 g/mol. The molecule has 0 aromatic rings. The van der Waals surface area contributed by atoms with Crippen LogP contribution >= 0.6 is 0 Å². The fourth-order valence-corrected chi connectivity index (χ4v) is 4.23. The third-order valence-corrected chi connectivity index (χ3v) is 6.32. The van der Waals surface area contributed by atoms with Crippen LogP contribution in [0.5, 0.6) is 0 Å². The Labute approximate surface area is 208 Å². The average molecular weight is 495 g/mol. The summed E-state index contributed by atoms with van der Waals surface area (Å²) in [5.41, 5.74) is 0. The molecule has 1 atom stereocenters. The molecular weight excluding hydrogens is 440 g/mol. The van der Waals surface area contributed by atoms with Gasteiger partial charge >= 0.3 is 0 Å². The number of rotatable bonds is 30. The van der Waals surface area contributed by atoms with Crippen LogP contribution in [0.1, 0.15) is 155 Å². The van der Waals surface area contributed by atoms with Crippen LogP contribution in [-0.2, 0) is 30.1 Å². The maximum absolute atomic E-state index is 10.2. The molecule has 0 fully saturated rings. The van der Waals surface area contributed by atoms with Crippen LogP contribution in [-0.4, -0.2) is 23.1 Å². The minimum absolute atomic E-state index is 0.0817. The van der Waals surface area contributed by atoms with Crippen molar-refractivity contribution in [1.82, 2.24) is 0 Å². The van der Waals surface area contributed by atoms with Gasteiger partial charge in [0, 0.05) is 0 Å². The minimum Gasteiger partial charge on any atom is -0.393 e. The van der Waals surface area contributed by atoms with Gasteiger partial charge in [-0.05, 0) is 44.5 Å². The van der Waals surface area contributed by atoms with Gasteiger partial charge in [-0.25, -0.2) is 10.1 Å². The zero-order chi connectivity index (χ0) is 24.8. The fraction of sp³-hybridized carbons (Fsp3) is 1.00. The van der Waals surface area contributed by atoms with Gasteiger partial charge < -0.3 is 5.11 Å². The largest absolute Gasteiger partial charge is 0.393 e. The van der Waals surface area contributed by atoms with Crippen molar-refractivity contribution in [2.45, 2.75) is 161 Å². The molecular formula is C26H54O8. The van der Waals surface area contributed by atoms with Gasteiger partial charge in [0.15, 0.2) is 0 Å². The highest BCUT2D eigenvalue weighted by atomic mass is 17.9. The van der Waals surface area contributed by atoms with Crippen LogP contribution in [0, 0.1) is 0 Å². The summed E-state index contributed by atoms with van der Waals surface area (Å²) in [6, 6.07) is 0. The number of unbranched alkanes of at least 4 members (excludes halogenated alkanes) is 19. The van der Waals surface area contributed by atoms with Crippen molar-refractivity contribution in [3.63, 3.8) is 0 Å². The van der Waals surface area contributed by atoms with Crippen molar-refractivity contribution < 1.29 is 40.4 Å². The van der Waals surface area contributed by atoms with Crippen LogP contribution < -0.4 is 0 Å². The van der Waals surface area contributed by atoms with Gasteiger partial charge in [0.05, 0.1) is 12.7 Å². The molecule has 0 aliphatic rings. The van der Waals surface area contributed by atoms with Gasteiger partial charge in [0.25, 0.3) is 0 Å². The van der Waals surface area contributed by atoms with E-state index in [1.807, 2.05) is 0 Å². The topological polar surface area (TPSA) is 95.8 Å². The van der Waals surface area contributed by atoms with Crippen LogP contribution in [0.2, 0.25) is 0 Å². The lowest BCUT2D eigenvalue weighted by Crippen LogP contribution is -2.05. The lowest BCUT2D eigenvalue weighted by molar-refractivity contribution is -0.787. The Kier molecular flexibility index (Phi) is 30.4. The van der Waals surface area contributed by atoms with Crippen molar-refractivity contribution in [2.75, 3.05) is 6.61 Å². The summed E-state index contributed by atoms with van der Waals surface area (Å²) in [6.07, 6.45) is 28.7. The quantitative estimate of drug-likeness (QED) is 0.0583. The van der Waals surface area contributed by atoms with E-state index >= 15 is 0 Å². The Morgan fingerprint density at radius 2 is 0.853 bits per heavy atom. The predicted octanol–water partition coefficient (Wildman–Crippen LogP) is 8.49. The molecule has 0 aliphatic carbocycles. The molecule has 0 aliphatic heterocycles. The van der Waals surface area contributed by atoms with E-state index in [9.17, 15) is 5.11 Å².